The van der Waals surface area contributed by atoms with Crippen LogP contribution in [-0.2, 0) is 5.33 Å². The van der Waals surface area contributed by atoms with Gasteiger partial charge < -0.3 is 0 Å². The number of halogens is 6. The Bertz CT molecular complexity index is 346. The molecule has 0 saturated carbocycles. The first-order chi connectivity index (χ1) is 6.49. The van der Waals surface area contributed by atoms with Crippen molar-refractivity contribution in [3.63, 3.8) is 0 Å². The second-order valence-electron chi connectivity index (χ2n) is 2.49. The third kappa shape index (κ3) is 3.06. The predicted octanol–water partition coefficient (Wildman–Crippen LogP) is 6.66. The maximum absolute atomic E-state index is 3.57. The Morgan fingerprint density at radius 1 is 1.07 bits per heavy atom. The summed E-state index contributed by atoms with van der Waals surface area (Å²) in [6, 6.07) is 2.09. The molecule has 0 aliphatic heterocycles. The number of alkyl halides is 3. The Kier molecular flexibility index (Phi) is 6.22. The van der Waals surface area contributed by atoms with Crippen molar-refractivity contribution in [3.05, 3.63) is 30.6 Å². The van der Waals surface area contributed by atoms with Crippen LogP contribution in [0, 0.1) is 0 Å². The lowest BCUT2D eigenvalue weighted by atomic mass is 10.1. The highest BCUT2D eigenvalue weighted by molar-refractivity contribution is 9.24. The van der Waals surface area contributed by atoms with Gasteiger partial charge >= 0.3 is 0 Å². The molecule has 1 aromatic rings. The van der Waals surface area contributed by atoms with Gasteiger partial charge in [-0.2, -0.15) is 0 Å². The second-order valence-corrected chi connectivity index (χ2v) is 8.55. The van der Waals surface area contributed by atoms with Crippen LogP contribution in [0.4, 0.5) is 0 Å². The van der Waals surface area contributed by atoms with Gasteiger partial charge in [-0.05, 0) is 65.0 Å². The van der Waals surface area contributed by atoms with Gasteiger partial charge in [0.15, 0.2) is 0 Å². The third-order valence-electron chi connectivity index (χ3n) is 1.65. The summed E-state index contributed by atoms with van der Waals surface area (Å²) < 4.78 is 3.27. The van der Waals surface area contributed by atoms with E-state index in [0.29, 0.717) is 0 Å². The van der Waals surface area contributed by atoms with Crippen LogP contribution in [0.25, 0.3) is 0 Å². The molecule has 1 rings (SSSR count). The van der Waals surface area contributed by atoms with Crippen molar-refractivity contribution in [1.29, 1.82) is 0 Å². The fraction of sp³-hybridized carbons (Fsp3) is 0.250. The van der Waals surface area contributed by atoms with Crippen LogP contribution in [-0.4, -0.2) is 0 Å². The lowest BCUT2D eigenvalue weighted by Gasteiger charge is -2.14. The highest BCUT2D eigenvalue weighted by atomic mass is 79.9. The van der Waals surface area contributed by atoms with E-state index in [-0.39, 0.29) is 3.74 Å². The summed E-state index contributed by atoms with van der Waals surface area (Å²) in [4.78, 5) is 0. The molecule has 0 aliphatic carbocycles. The zero-order valence-corrected chi connectivity index (χ0v) is 16.1. The van der Waals surface area contributed by atoms with Crippen molar-refractivity contribution < 1.29 is 0 Å². The molecule has 0 saturated heterocycles. The maximum Gasteiger partial charge on any atom is 0.0960 e. The van der Waals surface area contributed by atoms with Crippen molar-refractivity contribution >= 4 is 95.6 Å². The zero-order chi connectivity index (χ0) is 10.9. The van der Waals surface area contributed by atoms with E-state index in [1.54, 1.807) is 0 Å². The number of rotatable bonds is 2. The van der Waals surface area contributed by atoms with E-state index in [2.05, 4.69) is 102 Å². The van der Waals surface area contributed by atoms with Gasteiger partial charge in [0.2, 0.25) is 0 Å². The Morgan fingerprint density at radius 3 is 2.07 bits per heavy atom. The Hall–Kier alpha value is 2.10. The van der Waals surface area contributed by atoms with Crippen LogP contribution in [0.2, 0.25) is 0 Å². The van der Waals surface area contributed by atoms with Crippen LogP contribution in [0.15, 0.2) is 19.5 Å². The predicted molar refractivity (Wildman–Crippen MR) is 82.8 cm³/mol. The first-order valence-electron chi connectivity index (χ1n) is 3.49. The van der Waals surface area contributed by atoms with E-state index in [0.717, 1.165) is 18.7 Å². The Morgan fingerprint density at radius 2 is 1.64 bits per heavy atom. The largest absolute Gasteiger partial charge is 0.0960 e. The fourth-order valence-electron chi connectivity index (χ4n) is 1.00. The summed E-state index contributed by atoms with van der Waals surface area (Å²) in [6.07, 6.45) is 0. The van der Waals surface area contributed by atoms with Gasteiger partial charge in [-0.25, -0.2) is 0 Å². The van der Waals surface area contributed by atoms with E-state index >= 15 is 0 Å². The van der Waals surface area contributed by atoms with Gasteiger partial charge in [-0.1, -0.05) is 47.8 Å². The van der Waals surface area contributed by atoms with Crippen molar-refractivity contribution in [2.24, 2.45) is 0 Å². The van der Waals surface area contributed by atoms with Crippen LogP contribution < -0.4 is 0 Å². The summed E-state index contributed by atoms with van der Waals surface area (Å²) in [5.74, 6) is 0. The monoisotopic (exact) mass is 574 g/mol. The minimum atomic E-state index is 0.140. The third-order valence-corrected chi connectivity index (χ3v) is 6.50. The molecule has 0 bridgehead atoms. The molecule has 78 valence electrons. The molecule has 0 unspecified atom stereocenters. The van der Waals surface area contributed by atoms with E-state index < -0.39 is 0 Å². The summed E-state index contributed by atoms with van der Waals surface area (Å²) in [7, 11) is 0. The van der Waals surface area contributed by atoms with Gasteiger partial charge in [-0.15, -0.1) is 0 Å². The Balaban J connectivity index is 3.45. The summed E-state index contributed by atoms with van der Waals surface area (Å²) >= 11 is 21.1. The lowest BCUT2D eigenvalue weighted by Crippen LogP contribution is -1.93. The quantitative estimate of drug-likeness (QED) is 0.272. The second kappa shape index (κ2) is 6.15. The minimum absolute atomic E-state index is 0.140. The normalized spacial score (nSPS) is 11.1. The first-order valence-corrected chi connectivity index (χ1v) is 8.82. The van der Waals surface area contributed by atoms with Crippen molar-refractivity contribution in [1.82, 2.24) is 0 Å². The average Bonchev–Trinajstić information content (AvgIpc) is 2.12. The minimum Gasteiger partial charge on any atom is -0.0876 e. The maximum atomic E-state index is 3.57. The van der Waals surface area contributed by atoms with Gasteiger partial charge in [0.25, 0.3) is 0 Å². The van der Waals surface area contributed by atoms with Gasteiger partial charge in [-0.3, -0.25) is 0 Å². The molecule has 0 nitrogen and oxygen atoms in total. The smallest absolute Gasteiger partial charge is 0.0876 e. The molecule has 6 heteroatoms. The summed E-state index contributed by atoms with van der Waals surface area (Å²) in [5, 5.41) is 0.820. The number of benzene rings is 1. The summed E-state index contributed by atoms with van der Waals surface area (Å²) in [5.41, 5.74) is 2.42. The van der Waals surface area contributed by atoms with E-state index in [9.17, 15) is 0 Å². The molecule has 0 heterocycles. The molecule has 0 aromatic heterocycles. The summed E-state index contributed by atoms with van der Waals surface area (Å²) in [6.45, 7) is 0. The van der Waals surface area contributed by atoms with E-state index in [1.807, 2.05) is 0 Å². The Labute approximate surface area is 133 Å². The molecule has 0 aliphatic rings. The van der Waals surface area contributed by atoms with Crippen LogP contribution >= 0.6 is 95.6 Å². The van der Waals surface area contributed by atoms with Crippen molar-refractivity contribution in [2.45, 2.75) is 9.07 Å². The molecule has 0 fully saturated rings. The van der Waals surface area contributed by atoms with Gasteiger partial charge in [0, 0.05) is 18.7 Å². The average molecular weight is 580 g/mol. The first kappa shape index (κ1) is 14.2. The molecule has 0 spiro atoms. The lowest BCUT2D eigenvalue weighted by molar-refractivity contribution is 1.25. The van der Waals surface area contributed by atoms with Crippen LogP contribution in [0.1, 0.15) is 14.9 Å². The molecule has 0 amide bonds. The van der Waals surface area contributed by atoms with Gasteiger partial charge in [0.1, 0.15) is 0 Å². The highest BCUT2D eigenvalue weighted by Crippen LogP contribution is 2.44. The van der Waals surface area contributed by atoms with Crippen molar-refractivity contribution in [3.8, 4) is 0 Å². The topological polar surface area (TPSA) is 0 Å². The van der Waals surface area contributed by atoms with Crippen LogP contribution in [0.3, 0.4) is 0 Å². The molecule has 0 N–H and O–H groups in total. The standard InChI is InChI=1S/C8H4Br6/c9-2-3-1-4(10)6(11)7(12)5(3)8(13)14/h1,8H,2H2. The molecular formula is C8H4Br6. The number of hydrogen-bond acceptors (Lipinski definition) is 0. The highest BCUT2D eigenvalue weighted by Gasteiger charge is 2.17. The van der Waals surface area contributed by atoms with Crippen LogP contribution in [0.5, 0.6) is 0 Å². The molecular weight excluding hydrogens is 576 g/mol. The van der Waals surface area contributed by atoms with Crippen molar-refractivity contribution in [2.75, 3.05) is 0 Å². The van der Waals surface area contributed by atoms with Gasteiger partial charge in [0.05, 0.1) is 3.74 Å². The number of hydrogen-bond donors (Lipinski definition) is 0. The molecule has 1 aromatic carbocycles. The molecule has 14 heavy (non-hydrogen) atoms. The molecule has 0 radical (unpaired) electrons. The van der Waals surface area contributed by atoms with E-state index in [4.69, 9.17) is 0 Å². The SMILES string of the molecule is BrCc1cc(Br)c(Br)c(Br)c1C(Br)Br. The van der Waals surface area contributed by atoms with E-state index in [1.165, 1.54) is 11.1 Å². The molecule has 0 atom stereocenters. The zero-order valence-electron chi connectivity index (χ0n) is 6.63. The fourth-order valence-corrected chi connectivity index (χ4v) is 4.89.